The predicted molar refractivity (Wildman–Crippen MR) is 106 cm³/mol. The Morgan fingerprint density at radius 2 is 1.54 bits per heavy atom. The van der Waals surface area contributed by atoms with Gasteiger partial charge in [0.2, 0.25) is 5.95 Å². The lowest BCUT2D eigenvalue weighted by atomic mass is 10.1. The number of aromatic nitrogens is 2. The highest BCUT2D eigenvalue weighted by atomic mass is 16.1. The van der Waals surface area contributed by atoms with Crippen molar-refractivity contribution in [2.24, 2.45) is 0 Å². The fourth-order valence-corrected chi connectivity index (χ4v) is 2.75. The Hall–Kier alpha value is -3.21. The largest absolute Gasteiger partial charge is 0.340 e. The Balaban J connectivity index is 1.84. The summed E-state index contributed by atoms with van der Waals surface area (Å²) in [4.78, 5) is 20.4. The van der Waals surface area contributed by atoms with E-state index in [0.717, 1.165) is 34.0 Å². The molecule has 0 spiro atoms. The van der Waals surface area contributed by atoms with Crippen LogP contribution < -0.4 is 10.6 Å². The first-order valence-electron chi connectivity index (χ1n) is 8.49. The van der Waals surface area contributed by atoms with Gasteiger partial charge in [-0.25, -0.2) is 4.98 Å². The van der Waals surface area contributed by atoms with E-state index in [-0.39, 0.29) is 5.78 Å². The number of para-hydroxylation sites is 1. The lowest BCUT2D eigenvalue weighted by molar-refractivity contribution is 0.101. The zero-order valence-corrected chi connectivity index (χ0v) is 15.4. The van der Waals surface area contributed by atoms with Crippen LogP contribution >= 0.6 is 0 Å². The van der Waals surface area contributed by atoms with Crippen LogP contribution in [-0.2, 0) is 0 Å². The van der Waals surface area contributed by atoms with Crippen molar-refractivity contribution in [1.82, 2.24) is 9.97 Å². The lowest BCUT2D eigenvalue weighted by Gasteiger charge is -2.13. The SMILES string of the molecule is CC(=O)c1ccc(Nc2nc(C)cc(Nc3c(C)cccc3C)n2)cc1. The van der Waals surface area contributed by atoms with Crippen molar-refractivity contribution in [3.8, 4) is 0 Å². The second kappa shape index (κ2) is 7.35. The molecule has 1 heterocycles. The van der Waals surface area contributed by atoms with Gasteiger partial charge in [-0.15, -0.1) is 0 Å². The number of carbonyl (C=O) groups is 1. The maximum Gasteiger partial charge on any atom is 0.229 e. The van der Waals surface area contributed by atoms with Crippen molar-refractivity contribution in [1.29, 1.82) is 0 Å². The summed E-state index contributed by atoms with van der Waals surface area (Å²) >= 11 is 0. The molecule has 0 unspecified atom stereocenters. The van der Waals surface area contributed by atoms with Crippen molar-refractivity contribution in [2.45, 2.75) is 27.7 Å². The first-order valence-corrected chi connectivity index (χ1v) is 8.49. The summed E-state index contributed by atoms with van der Waals surface area (Å²) in [5.74, 6) is 1.29. The minimum absolute atomic E-state index is 0.0449. The quantitative estimate of drug-likeness (QED) is 0.630. The van der Waals surface area contributed by atoms with Crippen LogP contribution in [0.25, 0.3) is 0 Å². The van der Waals surface area contributed by atoms with Crippen LogP contribution in [0.5, 0.6) is 0 Å². The second-order valence-electron chi connectivity index (χ2n) is 6.37. The Morgan fingerprint density at radius 3 is 2.15 bits per heavy atom. The van der Waals surface area contributed by atoms with Gasteiger partial charge in [0.15, 0.2) is 5.78 Å². The molecular formula is C21H22N4O. The summed E-state index contributed by atoms with van der Waals surface area (Å²) in [6.07, 6.45) is 0. The van der Waals surface area contributed by atoms with Crippen LogP contribution in [0.3, 0.4) is 0 Å². The number of benzene rings is 2. The van der Waals surface area contributed by atoms with E-state index in [9.17, 15) is 4.79 Å². The van der Waals surface area contributed by atoms with Gasteiger partial charge in [-0.2, -0.15) is 4.98 Å². The molecule has 26 heavy (non-hydrogen) atoms. The summed E-state index contributed by atoms with van der Waals surface area (Å²) in [6, 6.07) is 15.4. The molecule has 3 rings (SSSR count). The third-order valence-electron chi connectivity index (χ3n) is 4.14. The Morgan fingerprint density at radius 1 is 0.885 bits per heavy atom. The Kier molecular flexibility index (Phi) is 4.98. The molecule has 0 aliphatic rings. The molecule has 5 nitrogen and oxygen atoms in total. The van der Waals surface area contributed by atoms with Crippen molar-refractivity contribution in [3.05, 3.63) is 70.9 Å². The zero-order valence-electron chi connectivity index (χ0n) is 15.4. The average Bonchev–Trinajstić information content (AvgIpc) is 2.58. The van der Waals surface area contributed by atoms with Crippen molar-refractivity contribution >= 4 is 28.9 Å². The predicted octanol–water partition coefficient (Wildman–Crippen LogP) is 5.09. The molecule has 5 heteroatoms. The maximum atomic E-state index is 11.4. The molecule has 0 fully saturated rings. The molecule has 0 saturated heterocycles. The van der Waals surface area contributed by atoms with Crippen molar-refractivity contribution in [3.63, 3.8) is 0 Å². The third-order valence-corrected chi connectivity index (χ3v) is 4.14. The topological polar surface area (TPSA) is 66.9 Å². The molecule has 1 aromatic heterocycles. The van der Waals surface area contributed by atoms with Gasteiger partial charge in [-0.05, 0) is 63.1 Å². The smallest absolute Gasteiger partial charge is 0.229 e. The number of anilines is 4. The van der Waals surface area contributed by atoms with Crippen molar-refractivity contribution < 1.29 is 4.79 Å². The summed E-state index contributed by atoms with van der Waals surface area (Å²) in [5.41, 5.74) is 5.75. The van der Waals surface area contributed by atoms with Crippen LogP contribution in [0.15, 0.2) is 48.5 Å². The molecule has 0 bridgehead atoms. The highest BCUT2D eigenvalue weighted by Gasteiger charge is 2.07. The van der Waals surface area contributed by atoms with Gasteiger partial charge in [-0.1, -0.05) is 18.2 Å². The highest BCUT2D eigenvalue weighted by Crippen LogP contribution is 2.24. The van der Waals surface area contributed by atoms with Crippen LogP contribution in [0.4, 0.5) is 23.1 Å². The van der Waals surface area contributed by atoms with Crippen LogP contribution in [0, 0.1) is 20.8 Å². The van der Waals surface area contributed by atoms with Gasteiger partial charge >= 0.3 is 0 Å². The fourth-order valence-electron chi connectivity index (χ4n) is 2.75. The molecule has 2 N–H and O–H groups in total. The first-order chi connectivity index (χ1) is 12.4. The van der Waals surface area contributed by atoms with Gasteiger partial charge in [0.25, 0.3) is 0 Å². The van der Waals surface area contributed by atoms with Crippen LogP contribution in [0.1, 0.15) is 34.1 Å². The number of hydrogen-bond acceptors (Lipinski definition) is 5. The van der Waals surface area contributed by atoms with Gasteiger partial charge < -0.3 is 10.6 Å². The molecule has 3 aromatic rings. The molecule has 0 radical (unpaired) electrons. The van der Waals surface area contributed by atoms with Crippen LogP contribution in [0.2, 0.25) is 0 Å². The van der Waals surface area contributed by atoms with Crippen molar-refractivity contribution in [2.75, 3.05) is 10.6 Å². The molecule has 0 aliphatic carbocycles. The molecule has 0 amide bonds. The van der Waals surface area contributed by atoms with E-state index in [1.165, 1.54) is 0 Å². The summed E-state index contributed by atoms with van der Waals surface area (Å²) in [5, 5.41) is 6.59. The lowest BCUT2D eigenvalue weighted by Crippen LogP contribution is -2.04. The molecule has 2 aromatic carbocycles. The summed E-state index contributed by atoms with van der Waals surface area (Å²) in [7, 11) is 0. The molecule has 132 valence electrons. The van der Waals surface area contributed by atoms with Gasteiger partial charge in [0.1, 0.15) is 5.82 Å². The van der Waals surface area contributed by atoms with E-state index >= 15 is 0 Å². The van der Waals surface area contributed by atoms with E-state index in [2.05, 4.69) is 46.6 Å². The van der Waals surface area contributed by atoms with E-state index in [0.29, 0.717) is 11.5 Å². The molecular weight excluding hydrogens is 324 g/mol. The standard InChI is InChI=1S/C21H22N4O/c1-13-6-5-7-14(2)20(13)24-19-12-15(3)22-21(25-19)23-18-10-8-17(9-11-18)16(4)26/h5-12H,1-4H3,(H2,22,23,24,25). The van der Waals surface area contributed by atoms with E-state index in [1.54, 1.807) is 19.1 Å². The number of nitrogens with zero attached hydrogens (tertiary/aromatic N) is 2. The van der Waals surface area contributed by atoms with E-state index in [4.69, 9.17) is 0 Å². The minimum atomic E-state index is 0.0449. The number of aryl methyl sites for hydroxylation is 3. The average molecular weight is 346 g/mol. The fraction of sp³-hybridized carbons (Fsp3) is 0.190. The third kappa shape index (κ3) is 4.06. The van der Waals surface area contributed by atoms with Crippen LogP contribution in [-0.4, -0.2) is 15.8 Å². The highest BCUT2D eigenvalue weighted by molar-refractivity contribution is 5.94. The molecule has 0 atom stereocenters. The number of Topliss-reactive ketones (excluding diaryl/α,β-unsaturated/α-hetero) is 1. The summed E-state index contributed by atoms with van der Waals surface area (Å²) in [6.45, 7) is 7.62. The Labute approximate surface area is 153 Å². The normalized spacial score (nSPS) is 10.5. The van der Waals surface area contributed by atoms with Gasteiger partial charge in [0, 0.05) is 28.7 Å². The Bertz CT molecular complexity index is 928. The second-order valence-corrected chi connectivity index (χ2v) is 6.37. The first kappa shape index (κ1) is 17.6. The zero-order chi connectivity index (χ0) is 18.7. The van der Waals surface area contributed by atoms with E-state index in [1.807, 2.05) is 31.2 Å². The molecule has 0 saturated carbocycles. The maximum absolute atomic E-state index is 11.4. The van der Waals surface area contributed by atoms with Gasteiger partial charge in [0.05, 0.1) is 0 Å². The number of nitrogens with one attached hydrogen (secondary N) is 2. The monoisotopic (exact) mass is 346 g/mol. The van der Waals surface area contributed by atoms with E-state index < -0.39 is 0 Å². The number of hydrogen-bond donors (Lipinski definition) is 2. The number of rotatable bonds is 5. The minimum Gasteiger partial charge on any atom is -0.340 e. The molecule has 0 aliphatic heterocycles. The number of ketones is 1. The van der Waals surface area contributed by atoms with Gasteiger partial charge in [-0.3, -0.25) is 4.79 Å². The number of carbonyl (C=O) groups excluding carboxylic acids is 1. The summed E-state index contributed by atoms with van der Waals surface area (Å²) < 4.78 is 0.